The topological polar surface area (TPSA) is 87.2 Å². The molecule has 0 unspecified atom stereocenters. The number of piperidine rings is 1. The maximum Gasteiger partial charge on any atom is 0.328 e. The molecule has 29 heavy (non-hydrogen) atoms. The summed E-state index contributed by atoms with van der Waals surface area (Å²) < 4.78 is 5.96. The molecular weight excluding hydrogens is 372 g/mol. The van der Waals surface area contributed by atoms with Gasteiger partial charge in [0.25, 0.3) is 5.91 Å². The van der Waals surface area contributed by atoms with Crippen molar-refractivity contribution in [1.82, 2.24) is 9.80 Å². The van der Waals surface area contributed by atoms with Gasteiger partial charge in [0.1, 0.15) is 5.72 Å². The van der Waals surface area contributed by atoms with E-state index in [0.29, 0.717) is 37.9 Å². The third-order valence-electron chi connectivity index (χ3n) is 5.61. The van der Waals surface area contributed by atoms with Crippen molar-refractivity contribution in [2.45, 2.75) is 58.7 Å². The summed E-state index contributed by atoms with van der Waals surface area (Å²) in [5, 5.41) is 9.68. The fourth-order valence-corrected chi connectivity index (χ4v) is 4.14. The van der Waals surface area contributed by atoms with E-state index in [0.717, 1.165) is 5.56 Å². The number of rotatable bonds is 3. The molecule has 7 heteroatoms. The fourth-order valence-electron chi connectivity index (χ4n) is 4.14. The van der Waals surface area contributed by atoms with Gasteiger partial charge in [0, 0.05) is 37.9 Å². The summed E-state index contributed by atoms with van der Waals surface area (Å²) in [7, 11) is 0. The van der Waals surface area contributed by atoms with Gasteiger partial charge in [-0.1, -0.05) is 38.5 Å². The molecule has 7 nitrogen and oxygen atoms in total. The zero-order chi connectivity index (χ0) is 21.4. The Balaban J connectivity index is 1.82. The molecule has 3 rings (SSSR count). The molecule has 1 spiro atoms. The smallest absolute Gasteiger partial charge is 0.328 e. The molecule has 2 aliphatic rings. The number of ether oxygens (including phenoxy) is 1. The Hall–Kier alpha value is -2.41. The van der Waals surface area contributed by atoms with Crippen LogP contribution in [0.5, 0.6) is 0 Å². The van der Waals surface area contributed by atoms with E-state index in [1.165, 1.54) is 4.90 Å². The van der Waals surface area contributed by atoms with Crippen molar-refractivity contribution < 1.29 is 24.2 Å². The van der Waals surface area contributed by atoms with E-state index < -0.39 is 17.7 Å². The van der Waals surface area contributed by atoms with Gasteiger partial charge < -0.3 is 14.7 Å². The summed E-state index contributed by atoms with van der Waals surface area (Å²) in [6, 6.07) is 6.11. The van der Waals surface area contributed by atoms with E-state index in [4.69, 9.17) is 4.74 Å². The standard InChI is InChI=1S/C22H30N2O5/c1-15-6-5-7-16(12-15)19(26)24-17(20(27)28)14-29-22(24)8-10-23(11-9-22)18(25)13-21(2,3)4/h5-7,12,17H,8-11,13-14H2,1-4H3,(H,27,28)/t17-/m1/s1. The summed E-state index contributed by atoms with van der Waals surface area (Å²) >= 11 is 0. The van der Waals surface area contributed by atoms with E-state index in [2.05, 4.69) is 0 Å². The van der Waals surface area contributed by atoms with Gasteiger partial charge in [0.05, 0.1) is 6.61 Å². The van der Waals surface area contributed by atoms with Crippen LogP contribution in [0, 0.1) is 12.3 Å². The number of carbonyl (C=O) groups excluding carboxylic acids is 2. The van der Waals surface area contributed by atoms with Gasteiger partial charge in [0.15, 0.2) is 6.04 Å². The summed E-state index contributed by atoms with van der Waals surface area (Å²) in [5.41, 5.74) is 0.298. The zero-order valence-corrected chi connectivity index (χ0v) is 17.6. The minimum atomic E-state index is -1.07. The molecule has 2 fully saturated rings. The molecule has 1 aromatic rings. The van der Waals surface area contributed by atoms with Crippen molar-refractivity contribution in [2.75, 3.05) is 19.7 Å². The van der Waals surface area contributed by atoms with Gasteiger partial charge in [-0.3, -0.25) is 14.5 Å². The highest BCUT2D eigenvalue weighted by Gasteiger charge is 2.54. The van der Waals surface area contributed by atoms with Crippen LogP contribution in [0.2, 0.25) is 0 Å². The van der Waals surface area contributed by atoms with E-state index in [1.807, 2.05) is 33.8 Å². The second-order valence-electron chi connectivity index (χ2n) is 9.27. The monoisotopic (exact) mass is 402 g/mol. The van der Waals surface area contributed by atoms with Crippen molar-refractivity contribution in [3.8, 4) is 0 Å². The van der Waals surface area contributed by atoms with Gasteiger partial charge in [-0.2, -0.15) is 0 Å². The normalized spacial score (nSPS) is 21.4. The average Bonchev–Trinajstić information content (AvgIpc) is 2.99. The third-order valence-corrected chi connectivity index (χ3v) is 5.61. The lowest BCUT2D eigenvalue weighted by atomic mass is 9.90. The minimum Gasteiger partial charge on any atom is -0.480 e. The lowest BCUT2D eigenvalue weighted by Gasteiger charge is -2.44. The van der Waals surface area contributed by atoms with Crippen LogP contribution < -0.4 is 0 Å². The first kappa shape index (κ1) is 21.3. The fraction of sp³-hybridized carbons (Fsp3) is 0.591. The highest BCUT2D eigenvalue weighted by molar-refractivity contribution is 5.97. The van der Waals surface area contributed by atoms with Gasteiger partial charge in [0.2, 0.25) is 5.91 Å². The van der Waals surface area contributed by atoms with Gasteiger partial charge in [-0.05, 0) is 24.5 Å². The molecule has 1 N–H and O–H groups in total. The van der Waals surface area contributed by atoms with Crippen LogP contribution in [0.15, 0.2) is 24.3 Å². The number of carboxylic acids is 1. The first-order valence-corrected chi connectivity index (χ1v) is 10.1. The number of benzene rings is 1. The Morgan fingerprint density at radius 1 is 1.21 bits per heavy atom. The molecule has 2 saturated heterocycles. The maximum atomic E-state index is 13.3. The van der Waals surface area contributed by atoms with Crippen molar-refractivity contribution in [1.29, 1.82) is 0 Å². The predicted octanol–water partition coefficient (Wildman–Crippen LogP) is 2.68. The summed E-state index contributed by atoms with van der Waals surface area (Å²) in [4.78, 5) is 40.9. The lowest BCUT2D eigenvalue weighted by molar-refractivity contribution is -0.148. The van der Waals surface area contributed by atoms with Crippen molar-refractivity contribution in [3.05, 3.63) is 35.4 Å². The SMILES string of the molecule is Cc1cccc(C(=O)N2[C@@H](C(=O)O)COC23CCN(C(=O)CC(C)(C)C)CC3)c1. The van der Waals surface area contributed by atoms with Crippen LogP contribution >= 0.6 is 0 Å². The van der Waals surface area contributed by atoms with Crippen LogP contribution in [-0.4, -0.2) is 64.2 Å². The summed E-state index contributed by atoms with van der Waals surface area (Å²) in [6.45, 7) is 8.81. The number of hydrogen-bond donors (Lipinski definition) is 1. The number of hydrogen-bond acceptors (Lipinski definition) is 4. The Kier molecular flexibility index (Phi) is 5.72. The molecular formula is C22H30N2O5. The van der Waals surface area contributed by atoms with E-state index in [-0.39, 0.29) is 23.8 Å². The Morgan fingerprint density at radius 3 is 2.41 bits per heavy atom. The van der Waals surface area contributed by atoms with Crippen LogP contribution in [0.1, 0.15) is 56.0 Å². The van der Waals surface area contributed by atoms with E-state index in [1.54, 1.807) is 23.1 Å². The number of nitrogens with zero attached hydrogens (tertiary/aromatic N) is 2. The van der Waals surface area contributed by atoms with Crippen molar-refractivity contribution in [3.63, 3.8) is 0 Å². The molecule has 2 heterocycles. The Labute approximate surface area is 171 Å². The second kappa shape index (κ2) is 7.78. The third kappa shape index (κ3) is 4.45. The van der Waals surface area contributed by atoms with Crippen LogP contribution in [-0.2, 0) is 14.3 Å². The van der Waals surface area contributed by atoms with Crippen LogP contribution in [0.4, 0.5) is 0 Å². The molecule has 0 radical (unpaired) electrons. The van der Waals surface area contributed by atoms with Gasteiger partial charge in [-0.15, -0.1) is 0 Å². The molecule has 0 bridgehead atoms. The molecule has 0 saturated carbocycles. The summed E-state index contributed by atoms with van der Waals surface area (Å²) in [5.74, 6) is -1.33. The first-order chi connectivity index (χ1) is 13.5. The Morgan fingerprint density at radius 2 is 1.86 bits per heavy atom. The number of likely N-dealkylation sites (tertiary alicyclic amines) is 1. The molecule has 0 aromatic heterocycles. The largest absolute Gasteiger partial charge is 0.480 e. The van der Waals surface area contributed by atoms with Gasteiger partial charge >= 0.3 is 5.97 Å². The number of aryl methyl sites for hydroxylation is 1. The molecule has 2 aliphatic heterocycles. The van der Waals surface area contributed by atoms with Gasteiger partial charge in [-0.25, -0.2) is 4.79 Å². The number of aliphatic carboxylic acids is 1. The quantitative estimate of drug-likeness (QED) is 0.840. The van der Waals surface area contributed by atoms with Crippen molar-refractivity contribution in [2.24, 2.45) is 5.41 Å². The molecule has 1 atom stereocenters. The number of carbonyl (C=O) groups is 3. The molecule has 1 aromatic carbocycles. The number of amides is 2. The number of carboxylic acid groups (broad SMARTS) is 1. The average molecular weight is 402 g/mol. The van der Waals surface area contributed by atoms with E-state index in [9.17, 15) is 19.5 Å². The maximum absolute atomic E-state index is 13.3. The predicted molar refractivity (Wildman–Crippen MR) is 107 cm³/mol. The summed E-state index contributed by atoms with van der Waals surface area (Å²) in [6.07, 6.45) is 1.26. The molecule has 158 valence electrons. The zero-order valence-electron chi connectivity index (χ0n) is 17.6. The first-order valence-electron chi connectivity index (χ1n) is 10.1. The lowest BCUT2D eigenvalue weighted by Crippen LogP contribution is -2.58. The highest BCUT2D eigenvalue weighted by atomic mass is 16.5. The van der Waals surface area contributed by atoms with Crippen LogP contribution in [0.3, 0.4) is 0 Å². The minimum absolute atomic E-state index is 0.0389. The molecule has 0 aliphatic carbocycles. The Bertz CT molecular complexity index is 806. The van der Waals surface area contributed by atoms with Crippen LogP contribution in [0.25, 0.3) is 0 Å². The second-order valence-corrected chi connectivity index (χ2v) is 9.27. The van der Waals surface area contributed by atoms with Crippen molar-refractivity contribution >= 4 is 17.8 Å². The molecule has 2 amide bonds. The highest BCUT2D eigenvalue weighted by Crippen LogP contribution is 2.39. The van der Waals surface area contributed by atoms with E-state index >= 15 is 0 Å².